The fourth-order valence-electron chi connectivity index (χ4n) is 3.63. The van der Waals surface area contributed by atoms with Crippen LogP contribution in [0.3, 0.4) is 0 Å². The first kappa shape index (κ1) is 25.4. The van der Waals surface area contributed by atoms with E-state index in [1.807, 2.05) is 6.07 Å². The number of nitrogens with zero attached hydrogens (tertiary/aromatic N) is 1. The SMILES string of the molecule is O=C(O)c1ccc(Oc2cnc(NC(=O)C(Oc3ccccc3)c3ccc(S(=O)(=O)C4CC4)cc3)s2)cc1. The second kappa shape index (κ2) is 10.6. The maximum atomic E-state index is 13.3. The minimum absolute atomic E-state index is 0.136. The van der Waals surface area contributed by atoms with Crippen molar-refractivity contribution >= 4 is 38.2 Å². The molecule has 0 spiro atoms. The minimum Gasteiger partial charge on any atom is -0.478 e. The van der Waals surface area contributed by atoms with Gasteiger partial charge >= 0.3 is 5.97 Å². The Morgan fingerprint density at radius 1 is 0.947 bits per heavy atom. The van der Waals surface area contributed by atoms with Crippen molar-refractivity contribution in [2.75, 3.05) is 5.32 Å². The van der Waals surface area contributed by atoms with Gasteiger partial charge in [-0.25, -0.2) is 18.2 Å². The number of carboxylic acids is 1. The van der Waals surface area contributed by atoms with E-state index in [2.05, 4.69) is 10.3 Å². The highest BCUT2D eigenvalue weighted by Gasteiger charge is 2.37. The van der Waals surface area contributed by atoms with Crippen molar-refractivity contribution in [3.05, 3.63) is 96.2 Å². The molecule has 11 heteroatoms. The quantitative estimate of drug-likeness (QED) is 0.271. The van der Waals surface area contributed by atoms with Crippen molar-refractivity contribution in [1.29, 1.82) is 0 Å². The molecule has 194 valence electrons. The van der Waals surface area contributed by atoms with Gasteiger partial charge in [0.1, 0.15) is 11.5 Å². The van der Waals surface area contributed by atoms with Gasteiger partial charge in [0.25, 0.3) is 5.91 Å². The molecule has 38 heavy (non-hydrogen) atoms. The molecular formula is C27H22N2O7S2. The Bertz CT molecular complexity index is 1550. The van der Waals surface area contributed by atoms with Crippen LogP contribution in [0.4, 0.5) is 5.13 Å². The van der Waals surface area contributed by atoms with Gasteiger partial charge in [-0.05, 0) is 61.4 Å². The number of amides is 1. The van der Waals surface area contributed by atoms with E-state index in [9.17, 15) is 18.0 Å². The average molecular weight is 551 g/mol. The third kappa shape index (κ3) is 5.84. The summed E-state index contributed by atoms with van der Waals surface area (Å²) in [6.45, 7) is 0. The molecule has 0 aliphatic heterocycles. The highest BCUT2D eigenvalue weighted by molar-refractivity contribution is 7.92. The Kier molecular flexibility index (Phi) is 7.12. The van der Waals surface area contributed by atoms with E-state index in [-0.39, 0.29) is 20.8 Å². The number of anilines is 1. The predicted octanol–water partition coefficient (Wildman–Crippen LogP) is 5.33. The average Bonchev–Trinajstić information content (AvgIpc) is 3.70. The number of sulfone groups is 1. The summed E-state index contributed by atoms with van der Waals surface area (Å²) >= 11 is 1.08. The lowest BCUT2D eigenvalue weighted by molar-refractivity contribution is -0.123. The predicted molar refractivity (Wildman–Crippen MR) is 141 cm³/mol. The molecule has 1 aliphatic rings. The molecule has 1 aromatic heterocycles. The maximum Gasteiger partial charge on any atom is 0.335 e. The Balaban J connectivity index is 1.32. The van der Waals surface area contributed by atoms with Crippen LogP contribution < -0.4 is 14.8 Å². The zero-order valence-electron chi connectivity index (χ0n) is 19.8. The van der Waals surface area contributed by atoms with Crippen LogP contribution in [-0.4, -0.2) is 35.6 Å². The van der Waals surface area contributed by atoms with E-state index in [0.29, 0.717) is 35.0 Å². The van der Waals surface area contributed by atoms with Crippen LogP contribution >= 0.6 is 11.3 Å². The van der Waals surface area contributed by atoms with Crippen LogP contribution in [0.15, 0.2) is 90.0 Å². The van der Waals surface area contributed by atoms with E-state index in [4.69, 9.17) is 14.6 Å². The summed E-state index contributed by atoms with van der Waals surface area (Å²) in [5.41, 5.74) is 0.616. The fourth-order valence-corrected chi connectivity index (χ4v) is 5.98. The molecule has 0 saturated heterocycles. The van der Waals surface area contributed by atoms with Gasteiger partial charge in [-0.2, -0.15) is 0 Å². The van der Waals surface area contributed by atoms with Crippen molar-refractivity contribution < 1.29 is 32.6 Å². The maximum absolute atomic E-state index is 13.3. The van der Waals surface area contributed by atoms with Gasteiger partial charge in [-0.15, -0.1) is 0 Å². The summed E-state index contributed by atoms with van der Waals surface area (Å²) in [5, 5.41) is 12.1. The first-order valence-electron chi connectivity index (χ1n) is 11.6. The number of thiazole rings is 1. The summed E-state index contributed by atoms with van der Waals surface area (Å²) in [6, 6.07) is 20.9. The summed E-state index contributed by atoms with van der Waals surface area (Å²) in [7, 11) is -3.36. The molecule has 1 saturated carbocycles. The Hall–Kier alpha value is -4.22. The third-order valence-electron chi connectivity index (χ3n) is 5.74. The van der Waals surface area contributed by atoms with E-state index in [1.54, 1.807) is 36.4 Å². The highest BCUT2D eigenvalue weighted by Crippen LogP contribution is 2.35. The zero-order valence-corrected chi connectivity index (χ0v) is 21.4. The Morgan fingerprint density at radius 3 is 2.26 bits per heavy atom. The minimum atomic E-state index is -3.36. The van der Waals surface area contributed by atoms with E-state index < -0.39 is 27.8 Å². The number of aromatic nitrogens is 1. The molecule has 0 radical (unpaired) electrons. The summed E-state index contributed by atoms with van der Waals surface area (Å²) in [6.07, 6.45) is 1.70. The van der Waals surface area contributed by atoms with Crippen molar-refractivity contribution in [3.8, 4) is 16.6 Å². The molecule has 9 nitrogen and oxygen atoms in total. The summed E-state index contributed by atoms with van der Waals surface area (Å²) in [4.78, 5) is 28.7. The van der Waals surface area contributed by atoms with Gasteiger partial charge in [0.05, 0.1) is 21.9 Å². The number of carbonyl (C=O) groups is 2. The number of rotatable bonds is 10. The molecule has 1 atom stereocenters. The molecule has 1 fully saturated rings. The van der Waals surface area contributed by atoms with Gasteiger partial charge in [0.2, 0.25) is 11.2 Å². The van der Waals surface area contributed by atoms with Crippen LogP contribution in [0, 0.1) is 0 Å². The van der Waals surface area contributed by atoms with Gasteiger partial charge in [0, 0.05) is 5.56 Å². The first-order valence-corrected chi connectivity index (χ1v) is 14.0. The fraction of sp³-hybridized carbons (Fsp3) is 0.148. The summed E-state index contributed by atoms with van der Waals surface area (Å²) in [5.74, 6) is -0.650. The molecule has 1 unspecified atom stereocenters. The molecule has 1 aliphatic carbocycles. The monoisotopic (exact) mass is 550 g/mol. The number of hydrogen-bond donors (Lipinski definition) is 2. The van der Waals surface area contributed by atoms with Gasteiger partial charge < -0.3 is 14.6 Å². The van der Waals surface area contributed by atoms with Crippen LogP contribution in [0.25, 0.3) is 0 Å². The van der Waals surface area contributed by atoms with Crippen molar-refractivity contribution in [2.24, 2.45) is 0 Å². The largest absolute Gasteiger partial charge is 0.478 e. The van der Waals surface area contributed by atoms with Crippen LogP contribution in [0.5, 0.6) is 16.6 Å². The zero-order chi connectivity index (χ0) is 26.7. The molecule has 4 aromatic rings. The summed E-state index contributed by atoms with van der Waals surface area (Å²) < 4.78 is 36.8. The molecule has 2 N–H and O–H groups in total. The molecule has 0 bridgehead atoms. The first-order chi connectivity index (χ1) is 18.3. The van der Waals surface area contributed by atoms with Gasteiger partial charge in [-0.1, -0.05) is 41.7 Å². The van der Waals surface area contributed by atoms with Crippen LogP contribution in [0.2, 0.25) is 0 Å². The van der Waals surface area contributed by atoms with Crippen molar-refractivity contribution in [3.63, 3.8) is 0 Å². The number of para-hydroxylation sites is 1. The van der Waals surface area contributed by atoms with Gasteiger partial charge in [0.15, 0.2) is 15.0 Å². The number of nitrogens with one attached hydrogen (secondary N) is 1. The Morgan fingerprint density at radius 2 is 1.63 bits per heavy atom. The highest BCUT2D eigenvalue weighted by atomic mass is 32.2. The third-order valence-corrected chi connectivity index (χ3v) is 8.81. The number of benzene rings is 3. The normalized spacial score (nSPS) is 13.9. The molecule has 1 amide bonds. The second-order valence-corrected chi connectivity index (χ2v) is 11.8. The molecule has 3 aromatic carbocycles. The lowest BCUT2D eigenvalue weighted by Crippen LogP contribution is -2.25. The second-order valence-electron chi connectivity index (χ2n) is 8.53. The van der Waals surface area contributed by atoms with E-state index >= 15 is 0 Å². The van der Waals surface area contributed by atoms with Crippen LogP contribution in [-0.2, 0) is 14.6 Å². The lowest BCUT2D eigenvalue weighted by Gasteiger charge is -2.19. The van der Waals surface area contributed by atoms with E-state index in [1.165, 1.54) is 42.6 Å². The standard InChI is InChI=1S/C27H22N2O7S2/c30-25(29-27-28-16-23(37-27)35-20-10-6-18(7-11-20)26(31)32)24(36-19-4-2-1-3-5-19)17-8-12-21(13-9-17)38(33,34)22-14-15-22/h1-13,16,22,24H,14-15H2,(H,31,32)(H,28,29,30). The van der Waals surface area contributed by atoms with Crippen molar-refractivity contribution in [2.45, 2.75) is 29.1 Å². The van der Waals surface area contributed by atoms with Crippen LogP contribution in [0.1, 0.15) is 34.9 Å². The number of ether oxygens (including phenoxy) is 2. The van der Waals surface area contributed by atoms with E-state index in [0.717, 1.165) is 11.3 Å². The topological polar surface area (TPSA) is 132 Å². The Labute approximate surface area is 222 Å². The molecular weight excluding hydrogens is 528 g/mol. The lowest BCUT2D eigenvalue weighted by atomic mass is 10.1. The van der Waals surface area contributed by atoms with Gasteiger partial charge in [-0.3, -0.25) is 10.1 Å². The van der Waals surface area contributed by atoms with Crippen molar-refractivity contribution in [1.82, 2.24) is 4.98 Å². The molecule has 5 rings (SSSR count). The number of aromatic carboxylic acids is 1. The number of carbonyl (C=O) groups excluding carboxylic acids is 1. The number of hydrogen-bond acceptors (Lipinski definition) is 8. The number of carboxylic acid groups (broad SMARTS) is 1. The smallest absolute Gasteiger partial charge is 0.335 e. The molecule has 1 heterocycles.